The third-order valence-corrected chi connectivity index (χ3v) is 2.64. The predicted molar refractivity (Wildman–Crippen MR) is 71.7 cm³/mol. The highest BCUT2D eigenvalue weighted by Gasteiger charge is 2.25. The third kappa shape index (κ3) is 5.34. The van der Waals surface area contributed by atoms with Gasteiger partial charge in [-0.3, -0.25) is 4.79 Å². The summed E-state index contributed by atoms with van der Waals surface area (Å²) >= 11 is 0. The van der Waals surface area contributed by atoms with Crippen LogP contribution >= 0.6 is 0 Å². The molecule has 1 amide bonds. The van der Waals surface area contributed by atoms with Crippen LogP contribution in [0.3, 0.4) is 0 Å². The number of benzene rings is 1. The molecule has 1 aromatic carbocycles. The molecule has 1 aromatic rings. The fraction of sp³-hybridized carbons (Fsp3) is 0.462. The Morgan fingerprint density at radius 1 is 1.28 bits per heavy atom. The quantitative estimate of drug-likeness (QED) is 0.652. The van der Waals surface area contributed by atoms with E-state index in [-0.39, 0.29) is 18.2 Å². The normalized spacial score (nSPS) is 12.3. The molecule has 0 unspecified atom stereocenters. The Hall–Kier alpha value is -1.33. The Bertz CT molecular complexity index is 368. The molecule has 4 nitrogen and oxygen atoms in total. The van der Waals surface area contributed by atoms with Crippen LogP contribution in [0.2, 0.25) is 0 Å². The highest BCUT2D eigenvalue weighted by atomic mass is 16.4. The van der Waals surface area contributed by atoms with Crippen molar-refractivity contribution in [3.63, 3.8) is 0 Å². The van der Waals surface area contributed by atoms with E-state index in [4.69, 9.17) is 0 Å². The summed E-state index contributed by atoms with van der Waals surface area (Å²) in [6, 6.07) is 9.36. The summed E-state index contributed by atoms with van der Waals surface area (Å²) in [7, 11) is -1.52. The molecule has 0 aliphatic heterocycles. The van der Waals surface area contributed by atoms with E-state index < -0.39 is 13.1 Å². The lowest BCUT2D eigenvalue weighted by Gasteiger charge is -2.19. The SMILES string of the molecule is CC(C)C[C@H](NC(=O)Cc1ccccc1)B(O)O. The van der Waals surface area contributed by atoms with Crippen molar-refractivity contribution in [2.45, 2.75) is 32.6 Å². The predicted octanol–water partition coefficient (Wildman–Crippen LogP) is 0.772. The van der Waals surface area contributed by atoms with Crippen molar-refractivity contribution in [3.05, 3.63) is 35.9 Å². The number of carbonyl (C=O) groups is 1. The molecule has 0 radical (unpaired) electrons. The Morgan fingerprint density at radius 2 is 1.89 bits per heavy atom. The maximum Gasteiger partial charge on any atom is 0.475 e. The highest BCUT2D eigenvalue weighted by molar-refractivity contribution is 6.43. The van der Waals surface area contributed by atoms with Gasteiger partial charge in [-0.05, 0) is 17.9 Å². The lowest BCUT2D eigenvalue weighted by molar-refractivity contribution is -0.120. The molecule has 0 saturated carbocycles. The van der Waals surface area contributed by atoms with Gasteiger partial charge in [0, 0.05) is 0 Å². The largest absolute Gasteiger partial charge is 0.475 e. The van der Waals surface area contributed by atoms with E-state index in [0.29, 0.717) is 6.42 Å². The van der Waals surface area contributed by atoms with Crippen LogP contribution in [0.15, 0.2) is 30.3 Å². The molecule has 1 rings (SSSR count). The van der Waals surface area contributed by atoms with Gasteiger partial charge in [-0.15, -0.1) is 0 Å². The second-order valence-corrected chi connectivity index (χ2v) is 4.88. The lowest BCUT2D eigenvalue weighted by atomic mass is 9.75. The summed E-state index contributed by atoms with van der Waals surface area (Å²) in [6.45, 7) is 3.94. The minimum atomic E-state index is -1.52. The molecular weight excluding hydrogens is 229 g/mol. The average Bonchev–Trinajstić information content (AvgIpc) is 2.28. The van der Waals surface area contributed by atoms with Crippen LogP contribution in [-0.4, -0.2) is 29.0 Å². The zero-order chi connectivity index (χ0) is 13.5. The van der Waals surface area contributed by atoms with Crippen LogP contribution in [0.1, 0.15) is 25.8 Å². The molecule has 0 aliphatic carbocycles. The topological polar surface area (TPSA) is 69.6 Å². The minimum Gasteiger partial charge on any atom is -0.426 e. The van der Waals surface area contributed by atoms with Crippen molar-refractivity contribution in [1.82, 2.24) is 5.32 Å². The Kier molecular flexibility index (Phi) is 5.88. The molecule has 0 heterocycles. The first-order valence-corrected chi connectivity index (χ1v) is 6.18. The number of hydrogen-bond donors (Lipinski definition) is 3. The van der Waals surface area contributed by atoms with Gasteiger partial charge >= 0.3 is 7.12 Å². The molecule has 0 saturated heterocycles. The zero-order valence-electron chi connectivity index (χ0n) is 10.8. The van der Waals surface area contributed by atoms with Crippen molar-refractivity contribution in [2.75, 3.05) is 0 Å². The van der Waals surface area contributed by atoms with Crippen LogP contribution in [0.5, 0.6) is 0 Å². The van der Waals surface area contributed by atoms with Crippen molar-refractivity contribution in [3.8, 4) is 0 Å². The van der Waals surface area contributed by atoms with E-state index in [1.807, 2.05) is 44.2 Å². The maximum absolute atomic E-state index is 11.8. The molecule has 0 spiro atoms. The second kappa shape index (κ2) is 7.19. The summed E-state index contributed by atoms with van der Waals surface area (Å²) in [6.07, 6.45) is 0.792. The molecule has 18 heavy (non-hydrogen) atoms. The van der Waals surface area contributed by atoms with Gasteiger partial charge in [0.05, 0.1) is 12.4 Å². The lowest BCUT2D eigenvalue weighted by Crippen LogP contribution is -2.47. The molecule has 5 heteroatoms. The first-order chi connectivity index (χ1) is 8.49. The van der Waals surface area contributed by atoms with Gasteiger partial charge in [0.1, 0.15) is 0 Å². The van der Waals surface area contributed by atoms with Crippen molar-refractivity contribution >= 4 is 13.0 Å². The smallest absolute Gasteiger partial charge is 0.426 e. The highest BCUT2D eigenvalue weighted by Crippen LogP contribution is 2.06. The van der Waals surface area contributed by atoms with Crippen LogP contribution in [-0.2, 0) is 11.2 Å². The van der Waals surface area contributed by atoms with Gasteiger partial charge in [0.15, 0.2) is 0 Å². The third-order valence-electron chi connectivity index (χ3n) is 2.64. The van der Waals surface area contributed by atoms with Crippen LogP contribution in [0, 0.1) is 5.92 Å². The van der Waals surface area contributed by atoms with E-state index in [1.54, 1.807) is 0 Å². The summed E-state index contributed by atoms with van der Waals surface area (Å²) in [5, 5.41) is 21.1. The van der Waals surface area contributed by atoms with Gasteiger partial charge in [-0.2, -0.15) is 0 Å². The first-order valence-electron chi connectivity index (χ1n) is 6.18. The Morgan fingerprint density at radius 3 is 2.39 bits per heavy atom. The number of amides is 1. The van der Waals surface area contributed by atoms with E-state index in [9.17, 15) is 14.8 Å². The van der Waals surface area contributed by atoms with E-state index in [2.05, 4.69) is 5.32 Å². The summed E-state index contributed by atoms with van der Waals surface area (Å²) in [5.74, 6) is -0.519. The minimum absolute atomic E-state index is 0.194. The number of rotatable bonds is 6. The van der Waals surface area contributed by atoms with Crippen LogP contribution in [0.25, 0.3) is 0 Å². The van der Waals surface area contributed by atoms with Gasteiger partial charge in [0.25, 0.3) is 0 Å². The molecule has 3 N–H and O–H groups in total. The number of carbonyl (C=O) groups excluding carboxylic acids is 1. The van der Waals surface area contributed by atoms with Gasteiger partial charge in [-0.25, -0.2) is 0 Å². The summed E-state index contributed by atoms with van der Waals surface area (Å²) in [4.78, 5) is 11.8. The standard InChI is InChI=1S/C13H20BNO3/c1-10(2)8-12(14(17)18)15-13(16)9-11-6-4-3-5-7-11/h3-7,10,12,17-18H,8-9H2,1-2H3,(H,15,16)/t12-/m0/s1. The van der Waals surface area contributed by atoms with Gasteiger partial charge < -0.3 is 15.4 Å². The molecule has 0 aromatic heterocycles. The molecule has 0 fully saturated rings. The molecule has 0 aliphatic rings. The van der Waals surface area contributed by atoms with Crippen LogP contribution < -0.4 is 5.32 Å². The summed E-state index contributed by atoms with van der Waals surface area (Å²) < 4.78 is 0. The van der Waals surface area contributed by atoms with Crippen molar-refractivity contribution < 1.29 is 14.8 Å². The van der Waals surface area contributed by atoms with Gasteiger partial charge in [-0.1, -0.05) is 44.2 Å². The molecule has 1 atom stereocenters. The Balaban J connectivity index is 2.51. The average molecular weight is 249 g/mol. The fourth-order valence-electron chi connectivity index (χ4n) is 1.80. The van der Waals surface area contributed by atoms with E-state index >= 15 is 0 Å². The molecule has 0 bridgehead atoms. The Labute approximate surface area is 108 Å². The van der Waals surface area contributed by atoms with E-state index in [0.717, 1.165) is 5.56 Å². The zero-order valence-corrected chi connectivity index (χ0v) is 10.8. The number of hydrogen-bond acceptors (Lipinski definition) is 3. The molecule has 98 valence electrons. The monoisotopic (exact) mass is 249 g/mol. The number of nitrogens with one attached hydrogen (secondary N) is 1. The fourth-order valence-corrected chi connectivity index (χ4v) is 1.80. The van der Waals surface area contributed by atoms with Gasteiger partial charge in [0.2, 0.25) is 5.91 Å². The first kappa shape index (κ1) is 14.7. The molecular formula is C13H20BNO3. The maximum atomic E-state index is 11.8. The second-order valence-electron chi connectivity index (χ2n) is 4.88. The summed E-state index contributed by atoms with van der Waals surface area (Å²) in [5.41, 5.74) is 0.908. The van der Waals surface area contributed by atoms with E-state index in [1.165, 1.54) is 0 Å². The van der Waals surface area contributed by atoms with Crippen molar-refractivity contribution in [1.29, 1.82) is 0 Å². The van der Waals surface area contributed by atoms with Crippen molar-refractivity contribution in [2.24, 2.45) is 5.92 Å². The van der Waals surface area contributed by atoms with Crippen LogP contribution in [0.4, 0.5) is 0 Å².